The van der Waals surface area contributed by atoms with E-state index in [1.54, 1.807) is 11.3 Å². The Labute approximate surface area is 144 Å². The topological polar surface area (TPSA) is 20.3 Å². The quantitative estimate of drug-likeness (QED) is 0.650. The van der Waals surface area contributed by atoms with Crippen molar-refractivity contribution < 1.29 is 4.79 Å². The van der Waals surface area contributed by atoms with Gasteiger partial charge in [-0.15, -0.1) is 22.7 Å². The van der Waals surface area contributed by atoms with Crippen molar-refractivity contribution in [1.82, 2.24) is 4.90 Å². The maximum Gasteiger partial charge on any atom is 0.264 e. The fraction of sp³-hybridized carbons (Fsp3) is 0.211. The molecule has 1 atom stereocenters. The second kappa shape index (κ2) is 5.95. The molecule has 1 aliphatic rings. The van der Waals surface area contributed by atoms with Gasteiger partial charge < -0.3 is 4.90 Å². The molecule has 3 aromatic rings. The van der Waals surface area contributed by atoms with Crippen molar-refractivity contribution in [3.8, 4) is 0 Å². The zero-order valence-electron chi connectivity index (χ0n) is 12.9. The monoisotopic (exact) mass is 339 g/mol. The summed E-state index contributed by atoms with van der Waals surface area (Å²) in [6, 6.07) is 14.5. The molecule has 116 valence electrons. The molecule has 2 nitrogen and oxygen atoms in total. The molecule has 0 saturated carbocycles. The van der Waals surface area contributed by atoms with E-state index < -0.39 is 0 Å². The highest BCUT2D eigenvalue weighted by Crippen LogP contribution is 2.39. The number of fused-ring (bicyclic) bond motifs is 1. The first-order chi connectivity index (χ1) is 11.3. The van der Waals surface area contributed by atoms with Crippen molar-refractivity contribution in [2.24, 2.45) is 0 Å². The second-order valence-electron chi connectivity index (χ2n) is 5.78. The third-order valence-corrected chi connectivity index (χ3v) is 6.30. The van der Waals surface area contributed by atoms with Gasteiger partial charge in [-0.1, -0.05) is 30.3 Å². The molecule has 0 spiro atoms. The molecule has 1 aromatic carbocycles. The van der Waals surface area contributed by atoms with Crippen molar-refractivity contribution >= 4 is 28.6 Å². The van der Waals surface area contributed by atoms with Crippen molar-refractivity contribution in [3.05, 3.63) is 79.7 Å². The number of benzene rings is 1. The van der Waals surface area contributed by atoms with E-state index in [1.807, 2.05) is 22.4 Å². The fourth-order valence-electron chi connectivity index (χ4n) is 3.31. The lowest BCUT2D eigenvalue weighted by Gasteiger charge is -2.36. The zero-order valence-corrected chi connectivity index (χ0v) is 14.5. The first kappa shape index (κ1) is 14.7. The van der Waals surface area contributed by atoms with Crippen LogP contribution in [-0.2, 0) is 6.42 Å². The predicted molar refractivity (Wildman–Crippen MR) is 96.4 cm³/mol. The highest BCUT2D eigenvalue weighted by molar-refractivity contribution is 7.12. The molecule has 0 unspecified atom stereocenters. The molecule has 3 heterocycles. The van der Waals surface area contributed by atoms with Crippen molar-refractivity contribution in [1.29, 1.82) is 0 Å². The van der Waals surface area contributed by atoms with Crippen LogP contribution in [0.1, 0.15) is 37.3 Å². The van der Waals surface area contributed by atoms with Crippen molar-refractivity contribution in [2.75, 3.05) is 6.54 Å². The van der Waals surface area contributed by atoms with E-state index in [0.29, 0.717) is 0 Å². The third-order valence-electron chi connectivity index (χ3n) is 4.44. The molecule has 1 amide bonds. The summed E-state index contributed by atoms with van der Waals surface area (Å²) >= 11 is 3.33. The van der Waals surface area contributed by atoms with Crippen LogP contribution in [0.2, 0.25) is 0 Å². The third kappa shape index (κ3) is 2.52. The minimum Gasteiger partial charge on any atom is -0.326 e. The lowest BCUT2D eigenvalue weighted by Crippen LogP contribution is -2.40. The first-order valence-electron chi connectivity index (χ1n) is 7.72. The van der Waals surface area contributed by atoms with Gasteiger partial charge in [0.1, 0.15) is 0 Å². The molecule has 0 aliphatic carbocycles. The van der Waals surface area contributed by atoms with Crippen LogP contribution in [0.4, 0.5) is 0 Å². The van der Waals surface area contributed by atoms with Gasteiger partial charge in [-0.2, -0.15) is 0 Å². The van der Waals surface area contributed by atoms with Gasteiger partial charge in [-0.3, -0.25) is 4.79 Å². The van der Waals surface area contributed by atoms with Gasteiger partial charge in [-0.05, 0) is 52.9 Å². The summed E-state index contributed by atoms with van der Waals surface area (Å²) in [6.07, 6.45) is 0.951. The lowest BCUT2D eigenvalue weighted by atomic mass is 9.90. The highest BCUT2D eigenvalue weighted by atomic mass is 32.1. The molecule has 0 fully saturated rings. The Balaban J connectivity index is 1.83. The average Bonchev–Trinajstić information content (AvgIpc) is 3.25. The number of thiophene rings is 2. The Morgan fingerprint density at radius 3 is 2.70 bits per heavy atom. The minimum atomic E-state index is 0.0285. The Morgan fingerprint density at radius 1 is 1.04 bits per heavy atom. The number of hydrogen-bond acceptors (Lipinski definition) is 3. The van der Waals surface area contributed by atoms with Crippen LogP contribution >= 0.6 is 22.7 Å². The van der Waals surface area contributed by atoms with Crippen LogP contribution in [0.5, 0.6) is 0 Å². The van der Waals surface area contributed by atoms with E-state index in [4.69, 9.17) is 0 Å². The first-order valence-corrected chi connectivity index (χ1v) is 9.48. The number of nitrogens with zero attached hydrogens (tertiary/aromatic N) is 1. The number of rotatable bonds is 2. The smallest absolute Gasteiger partial charge is 0.264 e. The lowest BCUT2D eigenvalue weighted by molar-refractivity contribution is 0.0701. The van der Waals surface area contributed by atoms with E-state index in [-0.39, 0.29) is 11.9 Å². The molecule has 4 heteroatoms. The molecular formula is C19H17NOS2. The molecule has 2 aromatic heterocycles. The Morgan fingerprint density at radius 2 is 1.91 bits per heavy atom. The maximum absolute atomic E-state index is 13.0. The number of hydrogen-bond donors (Lipinski definition) is 0. The van der Waals surface area contributed by atoms with Crippen LogP contribution in [0.3, 0.4) is 0 Å². The summed E-state index contributed by atoms with van der Waals surface area (Å²) in [6.45, 7) is 2.91. The summed E-state index contributed by atoms with van der Waals surface area (Å²) in [5, 5.41) is 4.12. The van der Waals surface area contributed by atoms with Gasteiger partial charge in [0.15, 0.2) is 0 Å². The second-order valence-corrected chi connectivity index (χ2v) is 7.73. The van der Waals surface area contributed by atoms with E-state index in [9.17, 15) is 4.79 Å². The van der Waals surface area contributed by atoms with E-state index in [2.05, 4.69) is 42.6 Å². The molecular weight excluding hydrogens is 322 g/mol. The number of carbonyl (C=O) groups is 1. The zero-order chi connectivity index (χ0) is 15.8. The molecule has 1 aliphatic heterocycles. The average molecular weight is 339 g/mol. The summed E-state index contributed by atoms with van der Waals surface area (Å²) in [5.74, 6) is 0.144. The van der Waals surface area contributed by atoms with Crippen LogP contribution in [0.25, 0.3) is 0 Å². The summed E-state index contributed by atoms with van der Waals surface area (Å²) in [5.41, 5.74) is 3.76. The molecule has 0 N–H and O–H groups in total. The maximum atomic E-state index is 13.0. The molecule has 0 saturated heterocycles. The van der Waals surface area contributed by atoms with Gasteiger partial charge >= 0.3 is 0 Å². The predicted octanol–water partition coefficient (Wildman–Crippen LogP) is 4.91. The van der Waals surface area contributed by atoms with E-state index in [0.717, 1.165) is 17.8 Å². The molecule has 0 radical (unpaired) electrons. The SMILES string of the molecule is Cc1ccccc1[C@@H]1c2ccsc2CCN1C(=O)c1cccs1. The van der Waals surface area contributed by atoms with E-state index >= 15 is 0 Å². The van der Waals surface area contributed by atoms with Gasteiger partial charge in [0.25, 0.3) is 5.91 Å². The normalized spacial score (nSPS) is 17.1. The highest BCUT2D eigenvalue weighted by Gasteiger charge is 2.34. The minimum absolute atomic E-state index is 0.0285. The van der Waals surface area contributed by atoms with Gasteiger partial charge in [0.2, 0.25) is 0 Å². The van der Waals surface area contributed by atoms with Gasteiger partial charge in [0.05, 0.1) is 10.9 Å². The summed E-state index contributed by atoms with van der Waals surface area (Å²) in [4.78, 5) is 17.3. The largest absolute Gasteiger partial charge is 0.326 e. The van der Waals surface area contributed by atoms with Crippen molar-refractivity contribution in [2.45, 2.75) is 19.4 Å². The standard InChI is InChI=1S/C19H17NOS2/c1-13-5-2-3-6-14(13)18-15-9-12-23-16(15)8-10-20(18)19(21)17-7-4-11-22-17/h2-7,9,11-12,18H,8,10H2,1H3/t18-/m1/s1. The van der Waals surface area contributed by atoms with E-state index in [1.165, 1.54) is 32.9 Å². The van der Waals surface area contributed by atoms with Crippen LogP contribution in [0, 0.1) is 6.92 Å². The number of aryl methyl sites for hydroxylation is 1. The Hall–Kier alpha value is -1.91. The summed E-state index contributed by atoms with van der Waals surface area (Å²) in [7, 11) is 0. The van der Waals surface area contributed by atoms with Crippen LogP contribution in [0.15, 0.2) is 53.2 Å². The summed E-state index contributed by atoms with van der Waals surface area (Å²) < 4.78 is 0. The van der Waals surface area contributed by atoms with Gasteiger partial charge in [0, 0.05) is 11.4 Å². The Kier molecular flexibility index (Phi) is 3.79. The van der Waals surface area contributed by atoms with Crippen LogP contribution < -0.4 is 0 Å². The van der Waals surface area contributed by atoms with Crippen LogP contribution in [-0.4, -0.2) is 17.4 Å². The Bertz CT molecular complexity index is 835. The molecule has 0 bridgehead atoms. The fourth-order valence-corrected chi connectivity index (χ4v) is 4.89. The number of amides is 1. The van der Waals surface area contributed by atoms with Gasteiger partial charge in [-0.25, -0.2) is 0 Å². The number of carbonyl (C=O) groups excluding carboxylic acids is 1. The molecule has 4 rings (SSSR count). The molecule has 23 heavy (non-hydrogen) atoms. The van der Waals surface area contributed by atoms with Crippen molar-refractivity contribution in [3.63, 3.8) is 0 Å².